The van der Waals surface area contributed by atoms with Gasteiger partial charge < -0.3 is 29.6 Å². The molecule has 3 rings (SSSR count). The molecular weight excluding hydrogens is 420 g/mol. The van der Waals surface area contributed by atoms with E-state index in [0.29, 0.717) is 54.3 Å². The number of nitrogens with zero attached hydrogens (tertiary/aromatic N) is 2. The third-order valence-corrected chi connectivity index (χ3v) is 5.64. The largest absolute Gasteiger partial charge is 0.492 e. The van der Waals surface area contributed by atoms with Gasteiger partial charge in [-0.2, -0.15) is 0 Å². The predicted molar refractivity (Wildman–Crippen MR) is 118 cm³/mol. The molecule has 31 heavy (non-hydrogen) atoms. The molecule has 1 aromatic carbocycles. The van der Waals surface area contributed by atoms with E-state index >= 15 is 0 Å². The van der Waals surface area contributed by atoms with E-state index in [2.05, 4.69) is 20.6 Å². The summed E-state index contributed by atoms with van der Waals surface area (Å²) >= 11 is 1.33. The van der Waals surface area contributed by atoms with Crippen molar-refractivity contribution in [1.29, 1.82) is 0 Å². The Morgan fingerprint density at radius 1 is 1.32 bits per heavy atom. The summed E-state index contributed by atoms with van der Waals surface area (Å²) in [6, 6.07) is 5.35. The Labute approximate surface area is 185 Å². The number of hydrogen-bond acceptors (Lipinski definition) is 8. The van der Waals surface area contributed by atoms with Crippen molar-refractivity contribution in [2.24, 2.45) is 4.99 Å². The first-order valence-electron chi connectivity index (χ1n) is 10.2. The van der Waals surface area contributed by atoms with E-state index in [1.807, 2.05) is 39.0 Å². The molecule has 0 spiro atoms. The predicted octanol–water partition coefficient (Wildman–Crippen LogP) is 3.05. The first-order chi connectivity index (χ1) is 15.0. The normalized spacial score (nSPS) is 13.6. The summed E-state index contributed by atoms with van der Waals surface area (Å²) in [5, 5.41) is 7.33. The molecule has 168 valence electrons. The number of nitrogens with one attached hydrogen (secondary N) is 2. The maximum atomic E-state index is 12.0. The number of fused-ring (bicyclic) bond motifs is 1. The quantitative estimate of drug-likeness (QED) is 0.261. The molecule has 0 aliphatic carbocycles. The first-order valence-corrected chi connectivity index (χ1v) is 11.0. The first kappa shape index (κ1) is 22.7. The van der Waals surface area contributed by atoms with Crippen molar-refractivity contribution >= 4 is 23.3 Å². The molecule has 0 bridgehead atoms. The number of esters is 1. The summed E-state index contributed by atoms with van der Waals surface area (Å²) in [7, 11) is 0. The van der Waals surface area contributed by atoms with Crippen LogP contribution in [-0.2, 0) is 4.74 Å². The molecule has 0 amide bonds. The number of carbonyl (C=O) groups is 1. The maximum Gasteiger partial charge on any atom is 0.350 e. The lowest BCUT2D eigenvalue weighted by atomic mass is 10.3. The van der Waals surface area contributed by atoms with Crippen molar-refractivity contribution in [3.8, 4) is 17.2 Å². The van der Waals surface area contributed by atoms with Crippen LogP contribution in [0.5, 0.6) is 17.2 Å². The molecule has 0 saturated carbocycles. The zero-order valence-electron chi connectivity index (χ0n) is 18.2. The average Bonchev–Trinajstić information content (AvgIpc) is 3.37. The van der Waals surface area contributed by atoms with E-state index in [1.165, 1.54) is 11.3 Å². The molecule has 9 nitrogen and oxygen atoms in total. The van der Waals surface area contributed by atoms with Crippen LogP contribution in [0.25, 0.3) is 0 Å². The molecule has 1 aliphatic rings. The van der Waals surface area contributed by atoms with E-state index in [4.69, 9.17) is 18.9 Å². The molecule has 0 saturated heterocycles. The topological polar surface area (TPSA) is 103 Å². The smallest absolute Gasteiger partial charge is 0.350 e. The number of benzene rings is 1. The Balaban J connectivity index is 1.55. The molecule has 0 fully saturated rings. The Morgan fingerprint density at radius 2 is 2.13 bits per heavy atom. The highest BCUT2D eigenvalue weighted by Crippen LogP contribution is 2.35. The number of aromatic nitrogens is 1. The van der Waals surface area contributed by atoms with Crippen molar-refractivity contribution in [2.45, 2.75) is 33.7 Å². The lowest BCUT2D eigenvalue weighted by Gasteiger charge is -2.16. The number of carbonyl (C=O) groups excluding carboxylic acids is 1. The fraction of sp³-hybridized carbons (Fsp3) is 0.476. The molecule has 2 N–H and O–H groups in total. The Kier molecular flexibility index (Phi) is 7.94. The third-order valence-electron chi connectivity index (χ3n) is 4.32. The minimum atomic E-state index is -0.336. The van der Waals surface area contributed by atoms with Gasteiger partial charge in [-0.1, -0.05) is 0 Å². The van der Waals surface area contributed by atoms with Crippen LogP contribution in [0.4, 0.5) is 0 Å². The van der Waals surface area contributed by atoms with Crippen LogP contribution in [0, 0.1) is 6.92 Å². The van der Waals surface area contributed by atoms with Crippen molar-refractivity contribution in [3.63, 3.8) is 0 Å². The van der Waals surface area contributed by atoms with Crippen LogP contribution in [0.3, 0.4) is 0 Å². The third kappa shape index (κ3) is 6.00. The highest BCUT2D eigenvalue weighted by molar-refractivity contribution is 7.13. The van der Waals surface area contributed by atoms with Gasteiger partial charge in [0.15, 0.2) is 17.5 Å². The number of rotatable bonds is 9. The number of ether oxygens (including phenoxy) is 4. The number of hydrogen-bond donors (Lipinski definition) is 2. The summed E-state index contributed by atoms with van der Waals surface area (Å²) in [4.78, 5) is 21.7. The Morgan fingerprint density at radius 3 is 2.90 bits per heavy atom. The Bertz CT molecular complexity index is 930. The van der Waals surface area contributed by atoms with Gasteiger partial charge in [-0.3, -0.25) is 0 Å². The fourth-order valence-electron chi connectivity index (χ4n) is 2.86. The molecule has 1 aliphatic heterocycles. The second kappa shape index (κ2) is 10.9. The fourth-order valence-corrected chi connectivity index (χ4v) is 3.83. The lowest BCUT2D eigenvalue weighted by molar-refractivity contribution is 0.0531. The van der Waals surface area contributed by atoms with Crippen molar-refractivity contribution in [2.75, 3.05) is 33.1 Å². The van der Waals surface area contributed by atoms with E-state index in [0.717, 1.165) is 10.8 Å². The second-order valence-corrected chi connectivity index (χ2v) is 7.71. The van der Waals surface area contributed by atoms with Crippen molar-refractivity contribution < 1.29 is 23.7 Å². The minimum absolute atomic E-state index is 0.126. The van der Waals surface area contributed by atoms with Gasteiger partial charge in [-0.25, -0.2) is 14.8 Å². The van der Waals surface area contributed by atoms with Gasteiger partial charge in [-0.15, -0.1) is 11.3 Å². The molecular formula is C21H28N4O5S. The van der Waals surface area contributed by atoms with E-state index in [-0.39, 0.29) is 18.8 Å². The summed E-state index contributed by atoms with van der Waals surface area (Å²) in [5.74, 6) is 2.43. The van der Waals surface area contributed by atoms with Gasteiger partial charge in [0.05, 0.1) is 24.9 Å². The Hall–Kier alpha value is -3.01. The molecule has 1 unspecified atom stereocenters. The number of aryl methyl sites for hydroxylation is 1. The van der Waals surface area contributed by atoms with Crippen LogP contribution in [0.15, 0.2) is 23.2 Å². The van der Waals surface area contributed by atoms with Gasteiger partial charge in [0, 0.05) is 12.6 Å². The van der Waals surface area contributed by atoms with Crippen LogP contribution in [0.1, 0.15) is 47.2 Å². The van der Waals surface area contributed by atoms with Gasteiger partial charge in [0.1, 0.15) is 22.2 Å². The summed E-state index contributed by atoms with van der Waals surface area (Å²) in [6.07, 6.45) is 0. The molecule has 1 aromatic heterocycles. The van der Waals surface area contributed by atoms with E-state index in [1.54, 1.807) is 6.92 Å². The second-order valence-electron chi connectivity index (χ2n) is 6.68. The van der Waals surface area contributed by atoms with Gasteiger partial charge in [0.25, 0.3) is 0 Å². The monoisotopic (exact) mass is 448 g/mol. The van der Waals surface area contributed by atoms with E-state index < -0.39 is 0 Å². The average molecular weight is 449 g/mol. The summed E-state index contributed by atoms with van der Waals surface area (Å²) < 4.78 is 21.5. The van der Waals surface area contributed by atoms with Gasteiger partial charge in [0.2, 0.25) is 6.79 Å². The summed E-state index contributed by atoms with van der Waals surface area (Å²) in [5.41, 5.74) is 0.672. The van der Waals surface area contributed by atoms with Crippen LogP contribution >= 0.6 is 11.3 Å². The zero-order chi connectivity index (χ0) is 22.2. The highest BCUT2D eigenvalue weighted by atomic mass is 32.1. The SMILES string of the molecule is CCNC(=NCCOc1ccc2c(c1)OCO2)NC(C)c1nc(C)c(C(=O)OCC)s1. The minimum Gasteiger partial charge on any atom is -0.492 e. The number of thiazole rings is 1. The van der Waals surface area contributed by atoms with E-state index in [9.17, 15) is 4.79 Å². The molecule has 2 heterocycles. The van der Waals surface area contributed by atoms with Crippen LogP contribution < -0.4 is 24.8 Å². The van der Waals surface area contributed by atoms with Crippen molar-refractivity contribution in [3.05, 3.63) is 33.8 Å². The highest BCUT2D eigenvalue weighted by Gasteiger charge is 2.20. The van der Waals surface area contributed by atoms with Gasteiger partial charge in [-0.05, 0) is 39.8 Å². The van der Waals surface area contributed by atoms with Gasteiger partial charge >= 0.3 is 5.97 Å². The molecule has 0 radical (unpaired) electrons. The summed E-state index contributed by atoms with van der Waals surface area (Å²) in [6.45, 7) is 9.73. The molecule has 10 heteroatoms. The zero-order valence-corrected chi connectivity index (χ0v) is 19.0. The standard InChI is InChI=1S/C21H28N4O5S/c1-5-22-21(23-9-10-28-15-7-8-16-17(11-15)30-12-29-16)25-14(4)19-24-13(3)18(31-19)20(26)27-6-2/h7-8,11,14H,5-6,9-10,12H2,1-4H3,(H2,22,23,25). The molecule has 1 atom stereocenters. The molecule has 2 aromatic rings. The maximum absolute atomic E-state index is 12.0. The number of aliphatic imine (C=N–C) groups is 1. The van der Waals surface area contributed by atoms with Crippen molar-refractivity contribution in [1.82, 2.24) is 15.6 Å². The number of guanidine groups is 1. The van der Waals surface area contributed by atoms with Crippen LogP contribution in [-0.4, -0.2) is 50.0 Å². The van der Waals surface area contributed by atoms with Crippen LogP contribution in [0.2, 0.25) is 0 Å². The lowest BCUT2D eigenvalue weighted by Crippen LogP contribution is -2.39.